The Morgan fingerprint density at radius 1 is 1.26 bits per heavy atom. The molecule has 120 valence electrons. The predicted octanol–water partition coefficient (Wildman–Crippen LogP) is 4.55. The lowest BCUT2D eigenvalue weighted by molar-refractivity contribution is -0.124. The van der Waals surface area contributed by atoms with Crippen molar-refractivity contribution in [3.8, 4) is 5.75 Å². The highest BCUT2D eigenvalue weighted by Gasteiger charge is 2.45. The molecule has 0 radical (unpaired) electrons. The van der Waals surface area contributed by atoms with Crippen molar-refractivity contribution >= 4 is 23.2 Å². The summed E-state index contributed by atoms with van der Waals surface area (Å²) in [6.45, 7) is 0. The van der Waals surface area contributed by atoms with Crippen LogP contribution < -0.4 is 10.1 Å². The van der Waals surface area contributed by atoms with Gasteiger partial charge in [0.15, 0.2) is 0 Å². The third-order valence-electron chi connectivity index (χ3n) is 4.43. The molecule has 23 heavy (non-hydrogen) atoms. The minimum Gasteiger partial charge on any atom is -0.495 e. The summed E-state index contributed by atoms with van der Waals surface area (Å²) in [5, 5.41) is 3.32. The monoisotopic (exact) mass is 333 g/mol. The molecule has 0 heterocycles. The maximum Gasteiger partial charge on any atom is 0.235 e. The van der Waals surface area contributed by atoms with E-state index >= 15 is 0 Å². The van der Waals surface area contributed by atoms with Crippen molar-refractivity contribution < 1.29 is 13.9 Å². The molecule has 1 N–H and O–H groups in total. The van der Waals surface area contributed by atoms with Gasteiger partial charge in [0.25, 0.3) is 0 Å². The number of ether oxygens (including phenoxy) is 1. The zero-order chi connectivity index (χ0) is 16.4. The first-order chi connectivity index (χ1) is 11.0. The van der Waals surface area contributed by atoms with E-state index < -0.39 is 5.41 Å². The Morgan fingerprint density at radius 3 is 2.61 bits per heavy atom. The van der Waals surface area contributed by atoms with Crippen LogP contribution in [0.25, 0.3) is 0 Å². The van der Waals surface area contributed by atoms with Crippen molar-refractivity contribution in [2.75, 3.05) is 12.4 Å². The van der Waals surface area contributed by atoms with Crippen molar-refractivity contribution in [3.63, 3.8) is 0 Å². The second-order valence-electron chi connectivity index (χ2n) is 5.75. The number of carbonyl (C=O) groups excluding carboxylic acids is 1. The maximum atomic E-state index is 13.5. The Kier molecular flexibility index (Phi) is 4.26. The highest BCUT2D eigenvalue weighted by molar-refractivity contribution is 6.32. The van der Waals surface area contributed by atoms with E-state index in [1.807, 2.05) is 6.07 Å². The Labute approximate surface area is 139 Å². The number of carbonyl (C=O) groups is 1. The standard InChI is InChI=1S/C18H17ClFNO2/c1-23-16-7-6-14(11-15(16)19)21-17(22)18(8-3-9-18)12-4-2-5-13(20)10-12/h2,4-7,10-11H,3,8-9H2,1H3,(H,21,22). The van der Waals surface area contributed by atoms with Crippen LogP contribution in [0.4, 0.5) is 10.1 Å². The van der Waals surface area contributed by atoms with Gasteiger partial charge in [-0.3, -0.25) is 4.79 Å². The molecule has 3 nitrogen and oxygen atoms in total. The molecule has 1 saturated carbocycles. The van der Waals surface area contributed by atoms with Crippen molar-refractivity contribution in [1.29, 1.82) is 0 Å². The molecular weight excluding hydrogens is 317 g/mol. The zero-order valence-electron chi connectivity index (χ0n) is 12.7. The lowest BCUT2D eigenvalue weighted by Gasteiger charge is -2.40. The smallest absolute Gasteiger partial charge is 0.235 e. The van der Waals surface area contributed by atoms with Crippen LogP contribution in [0.2, 0.25) is 5.02 Å². The Balaban J connectivity index is 1.85. The molecule has 1 amide bonds. The summed E-state index contributed by atoms with van der Waals surface area (Å²) in [5.74, 6) is 0.0952. The fourth-order valence-electron chi connectivity index (χ4n) is 2.96. The van der Waals surface area contributed by atoms with Crippen LogP contribution in [0.3, 0.4) is 0 Å². The quantitative estimate of drug-likeness (QED) is 0.891. The molecule has 0 spiro atoms. The van der Waals surface area contributed by atoms with Crippen LogP contribution in [0.15, 0.2) is 42.5 Å². The van der Waals surface area contributed by atoms with Gasteiger partial charge in [0.2, 0.25) is 5.91 Å². The Bertz CT molecular complexity index is 744. The minimum absolute atomic E-state index is 0.129. The van der Waals surface area contributed by atoms with Gasteiger partial charge < -0.3 is 10.1 Å². The fraction of sp³-hybridized carbons (Fsp3) is 0.278. The van der Waals surface area contributed by atoms with E-state index in [2.05, 4.69) is 5.32 Å². The van der Waals surface area contributed by atoms with Gasteiger partial charge in [0.1, 0.15) is 11.6 Å². The lowest BCUT2D eigenvalue weighted by atomic mass is 9.63. The Morgan fingerprint density at radius 2 is 2.04 bits per heavy atom. The summed E-state index contributed by atoms with van der Waals surface area (Å²) in [4.78, 5) is 12.8. The van der Waals surface area contributed by atoms with Crippen molar-refractivity contribution in [2.24, 2.45) is 0 Å². The number of anilines is 1. The fourth-order valence-corrected chi connectivity index (χ4v) is 3.22. The number of hydrogen-bond donors (Lipinski definition) is 1. The molecule has 1 aliphatic rings. The molecule has 3 rings (SSSR count). The molecular formula is C18H17ClFNO2. The van der Waals surface area contributed by atoms with Gasteiger partial charge in [-0.05, 0) is 48.7 Å². The zero-order valence-corrected chi connectivity index (χ0v) is 13.5. The molecule has 5 heteroatoms. The second-order valence-corrected chi connectivity index (χ2v) is 6.16. The summed E-state index contributed by atoms with van der Waals surface area (Å²) in [5.41, 5.74) is 0.665. The van der Waals surface area contributed by atoms with Crippen LogP contribution in [0, 0.1) is 5.82 Å². The highest BCUT2D eigenvalue weighted by atomic mass is 35.5. The molecule has 0 saturated heterocycles. The van der Waals surface area contributed by atoms with Gasteiger partial charge in [0, 0.05) is 5.69 Å². The van der Waals surface area contributed by atoms with Crippen molar-refractivity contribution in [1.82, 2.24) is 0 Å². The SMILES string of the molecule is COc1ccc(NC(=O)C2(c3cccc(F)c3)CCC2)cc1Cl. The number of hydrogen-bond acceptors (Lipinski definition) is 2. The molecule has 0 bridgehead atoms. The van der Waals surface area contributed by atoms with Gasteiger partial charge in [-0.1, -0.05) is 30.2 Å². The van der Waals surface area contributed by atoms with E-state index in [9.17, 15) is 9.18 Å². The first kappa shape index (κ1) is 15.8. The average Bonchev–Trinajstić information content (AvgIpc) is 2.46. The average molecular weight is 334 g/mol. The van der Waals surface area contributed by atoms with Crippen LogP contribution in [0.5, 0.6) is 5.75 Å². The van der Waals surface area contributed by atoms with E-state index in [-0.39, 0.29) is 11.7 Å². The molecule has 0 unspecified atom stereocenters. The van der Waals surface area contributed by atoms with E-state index in [0.29, 0.717) is 29.3 Å². The summed E-state index contributed by atoms with van der Waals surface area (Å²) in [6.07, 6.45) is 2.38. The molecule has 2 aromatic carbocycles. The topological polar surface area (TPSA) is 38.3 Å². The Hall–Kier alpha value is -2.07. The van der Waals surface area contributed by atoms with Crippen molar-refractivity contribution in [2.45, 2.75) is 24.7 Å². The first-order valence-electron chi connectivity index (χ1n) is 7.46. The third kappa shape index (κ3) is 2.91. The van der Waals surface area contributed by atoms with Gasteiger partial charge in [-0.25, -0.2) is 4.39 Å². The number of nitrogens with one attached hydrogen (secondary N) is 1. The highest BCUT2D eigenvalue weighted by Crippen LogP contribution is 2.45. The molecule has 0 aliphatic heterocycles. The summed E-state index contributed by atoms with van der Waals surface area (Å²) >= 11 is 6.09. The van der Waals surface area contributed by atoms with Gasteiger partial charge in [0.05, 0.1) is 17.5 Å². The molecule has 2 aromatic rings. The summed E-state index contributed by atoms with van der Waals surface area (Å²) in [6, 6.07) is 11.4. The normalized spacial score (nSPS) is 15.6. The molecule has 1 aliphatic carbocycles. The maximum absolute atomic E-state index is 13.5. The first-order valence-corrected chi connectivity index (χ1v) is 7.84. The van der Waals surface area contributed by atoms with E-state index in [1.54, 1.807) is 24.3 Å². The van der Waals surface area contributed by atoms with Crippen LogP contribution >= 0.6 is 11.6 Å². The third-order valence-corrected chi connectivity index (χ3v) is 4.72. The van der Waals surface area contributed by atoms with Crippen LogP contribution in [-0.4, -0.2) is 13.0 Å². The lowest BCUT2D eigenvalue weighted by Crippen LogP contribution is -2.46. The largest absolute Gasteiger partial charge is 0.495 e. The van der Waals surface area contributed by atoms with Crippen LogP contribution in [0.1, 0.15) is 24.8 Å². The molecule has 0 atom stereocenters. The summed E-state index contributed by atoms with van der Waals surface area (Å²) < 4.78 is 18.6. The van der Waals surface area contributed by atoms with Gasteiger partial charge >= 0.3 is 0 Å². The number of benzene rings is 2. The van der Waals surface area contributed by atoms with Crippen LogP contribution in [-0.2, 0) is 10.2 Å². The minimum atomic E-state index is -0.658. The predicted molar refractivity (Wildman–Crippen MR) is 88.6 cm³/mol. The van der Waals surface area contributed by atoms with Crippen molar-refractivity contribution in [3.05, 3.63) is 58.9 Å². The van der Waals surface area contributed by atoms with Gasteiger partial charge in [-0.2, -0.15) is 0 Å². The second kappa shape index (κ2) is 6.20. The van der Waals surface area contributed by atoms with E-state index in [1.165, 1.54) is 19.2 Å². The van der Waals surface area contributed by atoms with E-state index in [4.69, 9.17) is 16.3 Å². The number of halogens is 2. The number of methoxy groups -OCH3 is 1. The summed E-state index contributed by atoms with van der Waals surface area (Å²) in [7, 11) is 1.53. The van der Waals surface area contributed by atoms with E-state index in [0.717, 1.165) is 12.0 Å². The number of amides is 1. The number of rotatable bonds is 4. The molecule has 0 aromatic heterocycles. The van der Waals surface area contributed by atoms with Gasteiger partial charge in [-0.15, -0.1) is 0 Å². The molecule has 1 fully saturated rings.